The first-order valence-electron chi connectivity index (χ1n) is 27.2. The molecule has 3 aliphatic rings. The molecule has 5 aromatic carbocycles. The molecular weight excluding hydrogens is 1150 g/mol. The zero-order valence-corrected chi connectivity index (χ0v) is 49.3. The number of carbonyl (C=O) groups excluding carboxylic acids is 9. The van der Waals surface area contributed by atoms with Crippen LogP contribution in [-0.4, -0.2) is 146 Å². The van der Waals surface area contributed by atoms with Crippen LogP contribution in [0.2, 0.25) is 0 Å². The Labute approximate surface area is 502 Å². The summed E-state index contributed by atoms with van der Waals surface area (Å²) in [6, 6.07) is 38.3. The molecule has 2 fully saturated rings. The van der Waals surface area contributed by atoms with Crippen molar-refractivity contribution in [1.82, 2.24) is 45.1 Å². The molecule has 3 aliphatic heterocycles. The number of β-lactam (4-membered cyclic amide) rings is 1. The summed E-state index contributed by atoms with van der Waals surface area (Å²) in [6.07, 6.45) is -2.67. The number of urea groups is 1. The van der Waals surface area contributed by atoms with Gasteiger partial charge in [0.15, 0.2) is 17.2 Å². The fourth-order valence-corrected chi connectivity index (χ4v) is 12.7. The monoisotopic (exact) mass is 1210 g/mol. The van der Waals surface area contributed by atoms with Gasteiger partial charge in [0.05, 0.1) is 38.5 Å². The van der Waals surface area contributed by atoms with Gasteiger partial charge in [0.2, 0.25) is 17.0 Å². The van der Waals surface area contributed by atoms with E-state index in [2.05, 4.69) is 36.8 Å². The fraction of sp³-hybridized carbons (Fsp3) is 0.300. The molecule has 6 aromatic rings. The Bertz CT molecular complexity index is 3570. The normalized spacial score (nSPS) is 18.2. The first-order chi connectivity index (χ1) is 41.3. The van der Waals surface area contributed by atoms with Crippen LogP contribution in [-0.2, 0) is 60.2 Å². The molecule has 9 rings (SSSR count). The first kappa shape index (κ1) is 61.2. The third kappa shape index (κ3) is 13.0. The third-order valence-electron chi connectivity index (χ3n) is 14.5. The Balaban J connectivity index is 0.898. The van der Waals surface area contributed by atoms with Crippen LogP contribution in [0.5, 0.6) is 0 Å². The number of aryl methyl sites for hydroxylation is 1. The lowest BCUT2D eigenvalue weighted by Gasteiger charge is -2.47. The number of likely N-dealkylation sites (N-methyl/N-ethyl adjacent to an activating group) is 1. The molecule has 24 nitrogen and oxygen atoms in total. The Hall–Kier alpha value is -9.40. The van der Waals surface area contributed by atoms with Gasteiger partial charge in [0, 0.05) is 35.7 Å². The second-order valence-corrected chi connectivity index (χ2v) is 23.2. The number of nitrogens with zero attached hydrogens (tertiary/aromatic N) is 7. The maximum atomic E-state index is 14.6. The predicted octanol–water partition coefficient (Wildman–Crippen LogP) is 6.80. The van der Waals surface area contributed by atoms with E-state index in [1.165, 1.54) is 34.5 Å². The minimum Gasteiger partial charge on any atom is -0.468 e. The van der Waals surface area contributed by atoms with Crippen molar-refractivity contribution >= 4 is 94.4 Å². The summed E-state index contributed by atoms with van der Waals surface area (Å²) in [5.41, 5.74) is -0.120. The molecule has 26 heteroatoms. The summed E-state index contributed by atoms with van der Waals surface area (Å²) >= 11 is 2.37. The van der Waals surface area contributed by atoms with Gasteiger partial charge in [-0.05, 0) is 66.9 Å². The number of amides is 8. The number of ether oxygens (including phenoxy) is 4. The number of carbonyl (C=O) groups is 9. The number of piperazine rings is 1. The van der Waals surface area contributed by atoms with Crippen LogP contribution in [0.1, 0.15) is 62.5 Å². The van der Waals surface area contributed by atoms with E-state index in [1.54, 1.807) is 108 Å². The third-order valence-corrected chi connectivity index (χ3v) is 16.9. The van der Waals surface area contributed by atoms with Crippen molar-refractivity contribution in [2.45, 2.75) is 67.1 Å². The maximum absolute atomic E-state index is 14.6. The molecule has 0 spiro atoms. The molecule has 0 saturated carbocycles. The number of thioether (sulfide) groups is 2. The summed E-state index contributed by atoms with van der Waals surface area (Å²) in [7, 11) is 2.81. The number of imide groups is 1. The number of methoxy groups -OCH3 is 1. The van der Waals surface area contributed by atoms with Crippen LogP contribution in [0.25, 0.3) is 0 Å². The zero-order valence-electron chi connectivity index (χ0n) is 47.7. The van der Waals surface area contributed by atoms with Crippen LogP contribution >= 0.6 is 23.5 Å². The van der Waals surface area contributed by atoms with Gasteiger partial charge in [-0.2, -0.15) is 0 Å². The molecule has 446 valence electrons. The number of tetrazole rings is 1. The number of aromatic nitrogens is 4. The number of fused-ring (bicyclic) bond motifs is 1. The fourth-order valence-electron chi connectivity index (χ4n) is 10.3. The molecule has 2 saturated heterocycles. The largest absolute Gasteiger partial charge is 0.468 e. The minimum absolute atomic E-state index is 0.00382. The van der Waals surface area contributed by atoms with Gasteiger partial charge in [0.25, 0.3) is 0 Å². The van der Waals surface area contributed by atoms with E-state index < -0.39 is 93.4 Å². The van der Waals surface area contributed by atoms with Crippen LogP contribution in [0, 0.1) is 0 Å². The number of benzene rings is 5. The summed E-state index contributed by atoms with van der Waals surface area (Å²) in [6.45, 7) is 4.98. The number of rotatable bonds is 19. The SMILES string of the molecule is CC[N+]1(c2ccccc2NC(=O)OCC(C(=O)OC)(c2ccccc2)c2ccccc2NC(=O)OC(C)(C)C)CCN(C(=O)NCC(=O)NC2S[C@H]3CC(=O)N3C(C(=O)OC(c3ccccc3)c3ccccc3)=C2CSc2nnnn2C)C(=O)C1=O. The second-order valence-electron chi connectivity index (χ2n) is 20.9. The maximum Gasteiger partial charge on any atom is 0.412 e. The standard InChI is InChI=1S/C60H61N11O13S2/c1-7-71(44-30-20-19-29-43(44)63-57(79)82-36-60(54(77)81-6,39-25-15-10-16-26-39)41-27-17-18-28-42(41)62-58(80)84-59(2,3)4)32-31-69(51(74)52(71)75)55(78)61-34-45(72)64-50-40(35-85-56-65-66-67-68(56)5)48(70-46(73)33-47(70)86-50)53(76)83-49(37-21-11-8-12-22-37)38-23-13-9-14-24-38/h8-30,47,49-50H,7,31-36H2,1-6H3,(H3-,61,62,63,64,72,78,79,80)/p+1/t47-,50?,60?,71?/m0/s1. The highest BCUT2D eigenvalue weighted by Crippen LogP contribution is 2.46. The van der Waals surface area contributed by atoms with Gasteiger partial charge in [-0.25, -0.2) is 38.0 Å². The van der Waals surface area contributed by atoms with Crippen molar-refractivity contribution in [3.63, 3.8) is 0 Å². The topological polar surface area (TPSA) is 289 Å². The van der Waals surface area contributed by atoms with Crippen molar-refractivity contribution in [2.24, 2.45) is 7.05 Å². The molecule has 86 heavy (non-hydrogen) atoms. The van der Waals surface area contributed by atoms with E-state index in [1.807, 2.05) is 60.7 Å². The van der Waals surface area contributed by atoms with Gasteiger partial charge in [0.1, 0.15) is 35.5 Å². The summed E-state index contributed by atoms with van der Waals surface area (Å²) < 4.78 is 23.9. The lowest BCUT2D eigenvalue weighted by atomic mass is 9.74. The van der Waals surface area contributed by atoms with Crippen molar-refractivity contribution in [3.8, 4) is 0 Å². The quantitative estimate of drug-likeness (QED) is 0.0162. The van der Waals surface area contributed by atoms with Gasteiger partial charge < -0.3 is 29.6 Å². The lowest BCUT2D eigenvalue weighted by Crippen LogP contribution is -2.69. The van der Waals surface area contributed by atoms with E-state index in [0.29, 0.717) is 32.3 Å². The average molecular weight is 1210 g/mol. The Morgan fingerprint density at radius 3 is 2.03 bits per heavy atom. The average Bonchev–Trinajstić information content (AvgIpc) is 0.983. The number of hydrogen-bond donors (Lipinski definition) is 4. The molecular formula is C60H62N11O13S2+. The molecule has 4 heterocycles. The molecule has 0 aliphatic carbocycles. The van der Waals surface area contributed by atoms with Crippen LogP contribution in [0.4, 0.5) is 31.4 Å². The number of esters is 2. The van der Waals surface area contributed by atoms with Gasteiger partial charge >= 0.3 is 42.0 Å². The number of nitrogens with one attached hydrogen (secondary N) is 4. The molecule has 8 amide bonds. The van der Waals surface area contributed by atoms with Crippen molar-refractivity contribution in [3.05, 3.63) is 173 Å². The van der Waals surface area contributed by atoms with E-state index in [0.717, 1.165) is 11.8 Å². The summed E-state index contributed by atoms with van der Waals surface area (Å²) in [4.78, 5) is 128. The van der Waals surface area contributed by atoms with Crippen molar-refractivity contribution in [2.75, 3.05) is 56.3 Å². The lowest BCUT2D eigenvalue weighted by molar-refractivity contribution is -0.152. The van der Waals surface area contributed by atoms with E-state index in [9.17, 15) is 43.2 Å². The van der Waals surface area contributed by atoms with Crippen molar-refractivity contribution < 1.29 is 62.1 Å². The minimum atomic E-state index is -1.87. The molecule has 4 atom stereocenters. The zero-order chi connectivity index (χ0) is 61.3. The van der Waals surface area contributed by atoms with Gasteiger partial charge in [-0.15, -0.1) is 16.9 Å². The highest BCUT2D eigenvalue weighted by molar-refractivity contribution is 8.01. The molecule has 3 unspecified atom stereocenters. The van der Waals surface area contributed by atoms with Crippen LogP contribution in [0.3, 0.4) is 0 Å². The number of anilines is 2. The smallest absolute Gasteiger partial charge is 0.412 e. The van der Waals surface area contributed by atoms with E-state index in [-0.39, 0.29) is 66.0 Å². The Morgan fingerprint density at radius 2 is 1.42 bits per heavy atom. The Kier molecular flexibility index (Phi) is 18.7. The summed E-state index contributed by atoms with van der Waals surface area (Å²) in [5, 5.41) is 21.3. The summed E-state index contributed by atoms with van der Waals surface area (Å²) in [5.74, 6) is -4.90. The second kappa shape index (κ2) is 26.3. The number of quaternary nitrogens is 1. The molecule has 4 N–H and O–H groups in total. The molecule has 1 aromatic heterocycles. The van der Waals surface area contributed by atoms with Gasteiger partial charge in [-0.1, -0.05) is 133 Å². The van der Waals surface area contributed by atoms with Gasteiger partial charge in [-0.3, -0.25) is 34.7 Å². The number of para-hydroxylation sites is 3. The predicted molar refractivity (Wildman–Crippen MR) is 316 cm³/mol. The molecule has 0 radical (unpaired) electrons. The van der Waals surface area contributed by atoms with Crippen LogP contribution in [0.15, 0.2) is 156 Å². The Morgan fingerprint density at radius 1 is 0.802 bits per heavy atom. The first-order valence-corrected chi connectivity index (χ1v) is 29.2. The van der Waals surface area contributed by atoms with E-state index in [4.69, 9.17) is 18.9 Å². The van der Waals surface area contributed by atoms with Crippen molar-refractivity contribution in [1.29, 1.82) is 0 Å². The number of hydrogen-bond acceptors (Lipinski definition) is 18. The van der Waals surface area contributed by atoms with E-state index >= 15 is 0 Å². The highest BCUT2D eigenvalue weighted by Gasteiger charge is 2.53. The highest BCUT2D eigenvalue weighted by atomic mass is 32.2. The van der Waals surface area contributed by atoms with Crippen LogP contribution < -0.4 is 25.8 Å². The molecule has 0 bridgehead atoms.